The van der Waals surface area contributed by atoms with E-state index in [4.69, 9.17) is 16.2 Å². The summed E-state index contributed by atoms with van der Waals surface area (Å²) in [7, 11) is 0. The smallest absolute Gasteiger partial charge is 0.355 e. The van der Waals surface area contributed by atoms with Crippen LogP contribution in [0.2, 0.25) is 0 Å². The lowest BCUT2D eigenvalue weighted by Crippen LogP contribution is -2.18. The van der Waals surface area contributed by atoms with E-state index < -0.39 is 23.5 Å². The predicted octanol–water partition coefficient (Wildman–Crippen LogP) is 4.90. The number of amides is 2. The summed E-state index contributed by atoms with van der Waals surface area (Å²) >= 11 is 1.52. The number of fused-ring (bicyclic) bond motifs is 4. The van der Waals surface area contributed by atoms with E-state index in [1.807, 2.05) is 25.3 Å². The number of ether oxygens (including phenoxy) is 1. The monoisotopic (exact) mass is 556 g/mol. The lowest BCUT2D eigenvalue weighted by atomic mass is 9.93. The zero-order valence-corrected chi connectivity index (χ0v) is 22.3. The number of pyridine rings is 1. The van der Waals surface area contributed by atoms with Gasteiger partial charge in [0.1, 0.15) is 18.1 Å². The van der Waals surface area contributed by atoms with E-state index in [1.165, 1.54) is 23.5 Å². The summed E-state index contributed by atoms with van der Waals surface area (Å²) in [5.41, 5.74) is 14.5. The number of nitrogens with one attached hydrogen (secondary N) is 2. The predicted molar refractivity (Wildman–Crippen MR) is 153 cm³/mol. The largest absolute Gasteiger partial charge is 0.488 e. The van der Waals surface area contributed by atoms with Gasteiger partial charge in [0, 0.05) is 38.4 Å². The highest BCUT2D eigenvalue weighted by atomic mass is 32.1. The Balaban J connectivity index is 0.00000158. The third kappa shape index (κ3) is 4.71. The van der Waals surface area contributed by atoms with Crippen molar-refractivity contribution in [2.45, 2.75) is 20.5 Å². The van der Waals surface area contributed by atoms with Crippen LogP contribution in [0.1, 0.15) is 50.7 Å². The van der Waals surface area contributed by atoms with E-state index in [1.54, 1.807) is 30.3 Å². The highest BCUT2D eigenvalue weighted by Gasteiger charge is 2.27. The van der Waals surface area contributed by atoms with Crippen molar-refractivity contribution in [2.24, 2.45) is 5.73 Å². The molecule has 12 heteroatoms. The van der Waals surface area contributed by atoms with Crippen molar-refractivity contribution >= 4 is 51.8 Å². The number of imidazole rings is 1. The Hall–Kier alpha value is -5.23. The molecule has 0 unspecified atom stereocenters. The van der Waals surface area contributed by atoms with Crippen molar-refractivity contribution in [3.8, 4) is 27.3 Å². The first-order valence-corrected chi connectivity index (χ1v) is 13.1. The fourth-order valence-corrected chi connectivity index (χ4v) is 5.34. The molecule has 6 rings (SSSR count). The highest BCUT2D eigenvalue weighted by molar-refractivity contribution is 7.13. The van der Waals surface area contributed by atoms with E-state index in [0.29, 0.717) is 34.6 Å². The number of aromatic carboxylic acids is 1. The van der Waals surface area contributed by atoms with E-state index >= 15 is 0 Å². The number of primary amides is 1. The van der Waals surface area contributed by atoms with Gasteiger partial charge in [-0.2, -0.15) is 0 Å². The fraction of sp³-hybridized carbons (Fsp3) is 0.107. The molecule has 1 aliphatic heterocycles. The summed E-state index contributed by atoms with van der Waals surface area (Å²) < 4.78 is 5.95. The molecule has 4 heterocycles. The molecule has 0 spiro atoms. The van der Waals surface area contributed by atoms with Crippen LogP contribution in [0.4, 0.5) is 11.6 Å². The number of aromatic amines is 1. The molecule has 202 valence electrons. The second kappa shape index (κ2) is 10.5. The van der Waals surface area contributed by atoms with E-state index in [-0.39, 0.29) is 28.3 Å². The van der Waals surface area contributed by atoms with Gasteiger partial charge in [0.25, 0.3) is 11.8 Å². The van der Waals surface area contributed by atoms with Gasteiger partial charge in [-0.05, 0) is 53.9 Å². The van der Waals surface area contributed by atoms with Gasteiger partial charge in [0.15, 0.2) is 11.6 Å². The van der Waals surface area contributed by atoms with Gasteiger partial charge in [0.2, 0.25) is 0 Å². The van der Waals surface area contributed by atoms with Crippen LogP contribution >= 0.6 is 11.3 Å². The summed E-state index contributed by atoms with van der Waals surface area (Å²) in [5, 5.41) is 14.7. The molecule has 0 aliphatic carbocycles. The average molecular weight is 557 g/mol. The number of nitrogens with zero attached hydrogens (tertiary/aromatic N) is 2. The Morgan fingerprint density at radius 1 is 1.02 bits per heavy atom. The van der Waals surface area contributed by atoms with Gasteiger partial charge in [-0.1, -0.05) is 13.8 Å². The summed E-state index contributed by atoms with van der Waals surface area (Å²) in [6, 6.07) is 13.1. The molecule has 11 nitrogen and oxygen atoms in total. The summed E-state index contributed by atoms with van der Waals surface area (Å²) in [6.07, 6.45) is 0. The van der Waals surface area contributed by atoms with Gasteiger partial charge >= 0.3 is 5.97 Å². The number of anilines is 2. The van der Waals surface area contributed by atoms with E-state index in [0.717, 1.165) is 10.4 Å². The van der Waals surface area contributed by atoms with E-state index in [2.05, 4.69) is 20.3 Å². The lowest BCUT2D eigenvalue weighted by molar-refractivity contribution is 0.0691. The molecule has 1 aliphatic rings. The maximum absolute atomic E-state index is 13.7. The van der Waals surface area contributed by atoms with Gasteiger partial charge < -0.3 is 31.6 Å². The molecule has 3 aromatic heterocycles. The number of aromatic nitrogens is 3. The van der Waals surface area contributed by atoms with Crippen molar-refractivity contribution in [1.29, 1.82) is 0 Å². The molecule has 0 fully saturated rings. The minimum Gasteiger partial charge on any atom is -0.488 e. The van der Waals surface area contributed by atoms with Gasteiger partial charge in [-0.3, -0.25) is 9.59 Å². The fourth-order valence-electron chi connectivity index (χ4n) is 4.41. The number of hydrogen-bond acceptors (Lipinski definition) is 8. The number of carbonyl (C=O) groups excluding carboxylic acids is 2. The van der Waals surface area contributed by atoms with Gasteiger partial charge in [0.05, 0.1) is 11.0 Å². The molecule has 5 aromatic rings. The van der Waals surface area contributed by atoms with Crippen molar-refractivity contribution in [1.82, 2.24) is 15.0 Å². The van der Waals surface area contributed by atoms with Crippen LogP contribution in [-0.2, 0) is 6.61 Å². The van der Waals surface area contributed by atoms with Crippen LogP contribution in [0.25, 0.3) is 32.6 Å². The average Bonchev–Trinajstić information content (AvgIpc) is 3.58. The Morgan fingerprint density at radius 2 is 1.82 bits per heavy atom. The molecule has 0 radical (unpaired) electrons. The Morgan fingerprint density at radius 3 is 2.58 bits per heavy atom. The SMILES string of the molecule is CC.NC(=O)c1ccc(-c2cc3c(cc2C(=O)Nc2ccc4nc(N)[nH]c4c2)-c2sccc2CO3)c(C(=O)O)n1. The Labute approximate surface area is 231 Å². The van der Waals surface area contributed by atoms with Crippen molar-refractivity contribution in [2.75, 3.05) is 11.1 Å². The van der Waals surface area contributed by atoms with Crippen LogP contribution in [0, 0.1) is 0 Å². The zero-order chi connectivity index (χ0) is 28.6. The number of nitrogen functional groups attached to an aromatic ring is 1. The number of rotatable bonds is 5. The number of thiophene rings is 1. The maximum atomic E-state index is 13.7. The molecule has 0 atom stereocenters. The molecular weight excluding hydrogens is 532 g/mol. The molecule has 40 heavy (non-hydrogen) atoms. The highest BCUT2D eigenvalue weighted by Crippen LogP contribution is 2.44. The van der Waals surface area contributed by atoms with E-state index in [9.17, 15) is 19.5 Å². The second-order valence-electron chi connectivity index (χ2n) is 8.53. The third-order valence-electron chi connectivity index (χ3n) is 6.14. The Kier molecular flexibility index (Phi) is 6.92. The van der Waals surface area contributed by atoms with Crippen LogP contribution < -0.4 is 21.5 Å². The molecule has 2 amide bonds. The van der Waals surface area contributed by atoms with Crippen LogP contribution in [0.15, 0.2) is 53.9 Å². The first kappa shape index (κ1) is 26.4. The van der Waals surface area contributed by atoms with Crippen LogP contribution in [-0.4, -0.2) is 37.8 Å². The molecule has 0 saturated heterocycles. The topological polar surface area (TPSA) is 186 Å². The molecule has 2 aromatic carbocycles. The van der Waals surface area contributed by atoms with Gasteiger partial charge in [-0.25, -0.2) is 14.8 Å². The zero-order valence-electron chi connectivity index (χ0n) is 21.4. The second-order valence-corrected chi connectivity index (χ2v) is 9.44. The normalized spacial score (nSPS) is 11.4. The first-order chi connectivity index (χ1) is 19.3. The van der Waals surface area contributed by atoms with Gasteiger partial charge in [-0.15, -0.1) is 11.3 Å². The molecule has 0 saturated carbocycles. The maximum Gasteiger partial charge on any atom is 0.355 e. The number of nitrogens with two attached hydrogens (primary N) is 2. The minimum absolute atomic E-state index is 0.132. The lowest BCUT2D eigenvalue weighted by Gasteiger charge is -2.21. The summed E-state index contributed by atoms with van der Waals surface area (Å²) in [5.74, 6) is -1.99. The van der Waals surface area contributed by atoms with Crippen LogP contribution in [0.3, 0.4) is 0 Å². The van der Waals surface area contributed by atoms with Crippen molar-refractivity contribution in [3.63, 3.8) is 0 Å². The number of carboxylic acid groups (broad SMARTS) is 1. The number of hydrogen-bond donors (Lipinski definition) is 5. The quantitative estimate of drug-likeness (QED) is 0.202. The number of benzene rings is 2. The minimum atomic E-state index is -1.38. The Bertz CT molecular complexity index is 1810. The molecule has 7 N–H and O–H groups in total. The molecule has 0 bridgehead atoms. The number of carboxylic acids is 1. The number of H-pyrrole nitrogens is 1. The standard InChI is InChI=1S/C26H18N6O5S.C2H6/c27-23(33)18-4-2-13(21(30-18)25(35)36)14-9-20-16(22-11(10-37-20)5-6-38-22)8-15(14)24(34)29-12-1-3-17-19(7-12)32-26(28)31-17;1-2/h1-9H,10H2,(H2,27,33)(H,29,34)(H,35,36)(H3,28,31,32);1-2H3. The first-order valence-electron chi connectivity index (χ1n) is 12.3. The van der Waals surface area contributed by atoms with Crippen LogP contribution in [0.5, 0.6) is 5.75 Å². The third-order valence-corrected chi connectivity index (χ3v) is 7.13. The summed E-state index contributed by atoms with van der Waals surface area (Å²) in [4.78, 5) is 49.5. The van der Waals surface area contributed by atoms with Crippen molar-refractivity contribution in [3.05, 3.63) is 76.4 Å². The molecular formula is C28H24N6O5S. The van der Waals surface area contributed by atoms with Crippen molar-refractivity contribution < 1.29 is 24.2 Å². The summed E-state index contributed by atoms with van der Waals surface area (Å²) in [6.45, 7) is 4.34. The number of carbonyl (C=O) groups is 3.